The second-order valence-electron chi connectivity index (χ2n) is 5.96. The van der Waals surface area contributed by atoms with E-state index in [1.54, 1.807) is 0 Å². The number of nitrogens with zero attached hydrogens (tertiary/aromatic N) is 1. The molecule has 0 spiro atoms. The molecule has 110 valence electrons. The maximum Gasteiger partial charge on any atom is 0.305 e. The third kappa shape index (κ3) is 4.18. The molecular formula is C15H27NO3. The van der Waals surface area contributed by atoms with Crippen LogP contribution < -0.4 is 0 Å². The molecule has 0 radical (unpaired) electrons. The number of hydrogen-bond acceptors (Lipinski definition) is 4. The highest BCUT2D eigenvalue weighted by Gasteiger charge is 2.37. The van der Waals surface area contributed by atoms with Gasteiger partial charge in [0.05, 0.1) is 12.7 Å². The molecule has 2 rings (SSSR count). The highest BCUT2D eigenvalue weighted by atomic mass is 16.5. The van der Waals surface area contributed by atoms with Gasteiger partial charge < -0.3 is 14.7 Å². The number of aliphatic hydroxyl groups is 1. The summed E-state index contributed by atoms with van der Waals surface area (Å²) in [5.41, 5.74) is 0. The Balaban J connectivity index is 1.63. The number of rotatable bonds is 6. The van der Waals surface area contributed by atoms with Crippen LogP contribution in [0.15, 0.2) is 0 Å². The molecule has 1 aliphatic carbocycles. The van der Waals surface area contributed by atoms with Crippen LogP contribution in [0.2, 0.25) is 0 Å². The Morgan fingerprint density at radius 1 is 1.26 bits per heavy atom. The molecule has 4 heteroatoms. The van der Waals surface area contributed by atoms with Crippen molar-refractivity contribution in [2.75, 3.05) is 26.2 Å². The van der Waals surface area contributed by atoms with Crippen LogP contribution in [-0.4, -0.2) is 48.3 Å². The molecule has 0 amide bonds. The van der Waals surface area contributed by atoms with Gasteiger partial charge in [0.1, 0.15) is 0 Å². The first-order valence-electron chi connectivity index (χ1n) is 7.76. The molecule has 4 nitrogen and oxygen atoms in total. The second-order valence-corrected chi connectivity index (χ2v) is 5.96. The van der Waals surface area contributed by atoms with Gasteiger partial charge >= 0.3 is 5.97 Å². The molecule has 0 aromatic carbocycles. The molecule has 1 N–H and O–H groups in total. The molecular weight excluding hydrogens is 242 g/mol. The van der Waals surface area contributed by atoms with Crippen molar-refractivity contribution in [2.45, 2.75) is 51.6 Å². The fourth-order valence-electron chi connectivity index (χ4n) is 3.53. The van der Waals surface area contributed by atoms with E-state index in [1.807, 2.05) is 6.92 Å². The minimum absolute atomic E-state index is 0.0652. The molecule has 1 saturated heterocycles. The molecule has 19 heavy (non-hydrogen) atoms. The molecule has 2 aliphatic rings. The van der Waals surface area contributed by atoms with Crippen LogP contribution in [0.5, 0.6) is 0 Å². The van der Waals surface area contributed by atoms with Gasteiger partial charge in [-0.05, 0) is 51.0 Å². The Morgan fingerprint density at radius 2 is 1.95 bits per heavy atom. The third-order valence-corrected chi connectivity index (χ3v) is 4.51. The summed E-state index contributed by atoms with van der Waals surface area (Å²) in [6.45, 7) is 5.45. The zero-order valence-electron chi connectivity index (χ0n) is 12.0. The molecule has 1 aliphatic heterocycles. The minimum Gasteiger partial charge on any atom is -0.466 e. The summed E-state index contributed by atoms with van der Waals surface area (Å²) in [6.07, 6.45) is 6.07. The van der Waals surface area contributed by atoms with Crippen LogP contribution in [0.3, 0.4) is 0 Å². The lowest BCUT2D eigenvalue weighted by molar-refractivity contribution is -0.143. The SMILES string of the molecule is CCOC(=O)CCCCN1C[C@H]2CCC[C@H](C1)C2O. The summed E-state index contributed by atoms with van der Waals surface area (Å²) in [5.74, 6) is 0.892. The summed E-state index contributed by atoms with van der Waals surface area (Å²) in [4.78, 5) is 13.7. The first-order valence-corrected chi connectivity index (χ1v) is 7.76. The van der Waals surface area contributed by atoms with E-state index in [1.165, 1.54) is 19.3 Å². The number of aliphatic hydroxyl groups excluding tert-OH is 1. The van der Waals surface area contributed by atoms with Crippen LogP contribution >= 0.6 is 0 Å². The van der Waals surface area contributed by atoms with Crippen LogP contribution in [-0.2, 0) is 9.53 Å². The van der Waals surface area contributed by atoms with Crippen LogP contribution in [0, 0.1) is 11.8 Å². The van der Waals surface area contributed by atoms with Crippen molar-refractivity contribution in [3.05, 3.63) is 0 Å². The number of unbranched alkanes of at least 4 members (excludes halogenated alkanes) is 1. The quantitative estimate of drug-likeness (QED) is 0.590. The zero-order chi connectivity index (χ0) is 13.7. The first-order chi connectivity index (χ1) is 9.20. The Hall–Kier alpha value is -0.610. The first kappa shape index (κ1) is 14.8. The lowest BCUT2D eigenvalue weighted by Crippen LogP contribution is -2.51. The van der Waals surface area contributed by atoms with Crippen molar-refractivity contribution in [2.24, 2.45) is 11.8 Å². The molecule has 2 atom stereocenters. The summed E-state index contributed by atoms with van der Waals surface area (Å²) < 4.78 is 4.92. The summed E-state index contributed by atoms with van der Waals surface area (Å²) in [7, 11) is 0. The molecule has 1 saturated carbocycles. The molecule has 0 aromatic rings. The van der Waals surface area contributed by atoms with Gasteiger partial charge in [0.15, 0.2) is 0 Å². The fraction of sp³-hybridized carbons (Fsp3) is 0.933. The maximum atomic E-state index is 11.2. The smallest absolute Gasteiger partial charge is 0.305 e. The van der Waals surface area contributed by atoms with Gasteiger partial charge in [-0.1, -0.05) is 6.42 Å². The number of carbonyl (C=O) groups is 1. The van der Waals surface area contributed by atoms with Crippen molar-refractivity contribution >= 4 is 5.97 Å². The number of piperidine rings is 1. The Kier molecular flexibility index (Phi) is 5.64. The second kappa shape index (κ2) is 7.25. The molecule has 0 aromatic heterocycles. The van der Waals surface area contributed by atoms with Crippen molar-refractivity contribution in [1.82, 2.24) is 4.90 Å². The standard InChI is InChI=1S/C15H27NO3/c1-2-19-14(17)8-3-4-9-16-10-12-6-5-7-13(11-16)15(12)18/h12-13,15,18H,2-11H2,1H3/t12-,13-/m1/s1. The average molecular weight is 269 g/mol. The van der Waals surface area contributed by atoms with E-state index in [0.717, 1.165) is 32.5 Å². The van der Waals surface area contributed by atoms with E-state index in [2.05, 4.69) is 4.90 Å². The monoisotopic (exact) mass is 269 g/mol. The van der Waals surface area contributed by atoms with E-state index < -0.39 is 0 Å². The lowest BCUT2D eigenvalue weighted by atomic mass is 9.75. The van der Waals surface area contributed by atoms with Gasteiger partial charge in [0, 0.05) is 19.5 Å². The number of likely N-dealkylation sites (tertiary alicyclic amines) is 1. The number of fused-ring (bicyclic) bond motifs is 2. The summed E-state index contributed by atoms with van der Waals surface area (Å²) >= 11 is 0. The van der Waals surface area contributed by atoms with Crippen LogP contribution in [0.1, 0.15) is 45.4 Å². The highest BCUT2D eigenvalue weighted by Crippen LogP contribution is 2.34. The summed E-state index contributed by atoms with van der Waals surface area (Å²) in [5, 5.41) is 10.1. The molecule has 0 unspecified atom stereocenters. The van der Waals surface area contributed by atoms with E-state index in [4.69, 9.17) is 4.74 Å². The van der Waals surface area contributed by atoms with Crippen molar-refractivity contribution in [1.29, 1.82) is 0 Å². The van der Waals surface area contributed by atoms with E-state index >= 15 is 0 Å². The predicted octanol–water partition coefficient (Wildman–Crippen LogP) is 1.81. The normalized spacial score (nSPS) is 31.2. The van der Waals surface area contributed by atoms with Gasteiger partial charge in [-0.25, -0.2) is 0 Å². The number of hydrogen-bond donors (Lipinski definition) is 1. The zero-order valence-corrected chi connectivity index (χ0v) is 12.0. The van der Waals surface area contributed by atoms with Crippen molar-refractivity contribution in [3.63, 3.8) is 0 Å². The number of esters is 1. The van der Waals surface area contributed by atoms with Gasteiger partial charge in [-0.15, -0.1) is 0 Å². The van der Waals surface area contributed by atoms with E-state index in [0.29, 0.717) is 24.9 Å². The molecule has 2 fully saturated rings. The molecule has 2 bridgehead atoms. The lowest BCUT2D eigenvalue weighted by Gasteiger charge is -2.45. The van der Waals surface area contributed by atoms with E-state index in [9.17, 15) is 9.90 Å². The minimum atomic E-state index is -0.0755. The predicted molar refractivity (Wildman–Crippen MR) is 73.8 cm³/mol. The Bertz CT molecular complexity index is 281. The number of ether oxygens (including phenoxy) is 1. The van der Waals surface area contributed by atoms with Crippen molar-refractivity contribution < 1.29 is 14.6 Å². The maximum absolute atomic E-state index is 11.2. The van der Waals surface area contributed by atoms with Gasteiger partial charge in [-0.3, -0.25) is 4.79 Å². The van der Waals surface area contributed by atoms with Gasteiger partial charge in [0.25, 0.3) is 0 Å². The topological polar surface area (TPSA) is 49.8 Å². The molecule has 1 heterocycles. The van der Waals surface area contributed by atoms with E-state index in [-0.39, 0.29) is 12.1 Å². The van der Waals surface area contributed by atoms with Crippen LogP contribution in [0.4, 0.5) is 0 Å². The Morgan fingerprint density at radius 3 is 2.58 bits per heavy atom. The fourth-order valence-corrected chi connectivity index (χ4v) is 3.53. The number of carbonyl (C=O) groups excluding carboxylic acids is 1. The third-order valence-electron chi connectivity index (χ3n) is 4.51. The largest absolute Gasteiger partial charge is 0.466 e. The Labute approximate surface area is 116 Å². The summed E-state index contributed by atoms with van der Waals surface area (Å²) in [6, 6.07) is 0. The van der Waals surface area contributed by atoms with Crippen molar-refractivity contribution in [3.8, 4) is 0 Å². The van der Waals surface area contributed by atoms with Gasteiger partial charge in [0.2, 0.25) is 0 Å². The van der Waals surface area contributed by atoms with Crippen LogP contribution in [0.25, 0.3) is 0 Å². The van der Waals surface area contributed by atoms with Gasteiger partial charge in [-0.2, -0.15) is 0 Å². The average Bonchev–Trinajstić information content (AvgIpc) is 2.36. The highest BCUT2D eigenvalue weighted by molar-refractivity contribution is 5.69.